The quantitative estimate of drug-likeness (QED) is 0.725. The van der Waals surface area contributed by atoms with Crippen LogP contribution in [0.4, 0.5) is 0 Å². The monoisotopic (exact) mass is 386 g/mol. The van der Waals surface area contributed by atoms with E-state index in [9.17, 15) is 13.2 Å². The minimum absolute atomic E-state index is 0.0223. The molecule has 2 rings (SSSR count). The number of methoxy groups -OCH3 is 1. The maximum absolute atomic E-state index is 12.7. The molecule has 0 bridgehead atoms. The van der Waals surface area contributed by atoms with Gasteiger partial charge in [-0.25, -0.2) is 8.42 Å². The molecule has 1 aromatic carbocycles. The Morgan fingerprint density at radius 3 is 2.44 bits per heavy atom. The number of amides is 1. The van der Waals surface area contributed by atoms with E-state index in [-0.39, 0.29) is 17.9 Å². The van der Waals surface area contributed by atoms with Crippen molar-refractivity contribution in [1.29, 1.82) is 0 Å². The van der Waals surface area contributed by atoms with Gasteiger partial charge in [0.15, 0.2) is 0 Å². The molecule has 1 aliphatic heterocycles. The second-order valence-electron chi connectivity index (χ2n) is 6.22. The second kappa shape index (κ2) is 9.02. The molecule has 0 aromatic heterocycles. The number of nitrogens with zero attached hydrogens (tertiary/aromatic N) is 1. The van der Waals surface area contributed by atoms with E-state index in [0.717, 1.165) is 4.90 Å². The maximum atomic E-state index is 12.7. The van der Waals surface area contributed by atoms with Crippen LogP contribution in [0.1, 0.15) is 19.8 Å². The van der Waals surface area contributed by atoms with Crippen LogP contribution in [-0.4, -0.2) is 57.7 Å². The zero-order chi connectivity index (χ0) is 18.4. The van der Waals surface area contributed by atoms with Gasteiger partial charge in [0.25, 0.3) is 0 Å². The molecule has 140 valence electrons. The first-order chi connectivity index (χ1) is 11.9. The predicted molar refractivity (Wildman–Crippen MR) is 99.2 cm³/mol. The van der Waals surface area contributed by atoms with Gasteiger partial charge in [-0.05, 0) is 50.3 Å². The van der Waals surface area contributed by atoms with Gasteiger partial charge in [0.2, 0.25) is 15.9 Å². The topological polar surface area (TPSA) is 75.7 Å². The molecule has 1 atom stereocenters. The van der Waals surface area contributed by atoms with Gasteiger partial charge in [0, 0.05) is 37.1 Å². The number of nitrogens with one attached hydrogen (secondary N) is 1. The van der Waals surface area contributed by atoms with Gasteiger partial charge in [-0.2, -0.15) is 4.31 Å². The van der Waals surface area contributed by atoms with E-state index in [4.69, 9.17) is 4.74 Å². The highest BCUT2D eigenvalue weighted by Crippen LogP contribution is 2.25. The van der Waals surface area contributed by atoms with E-state index >= 15 is 0 Å². The number of hydrogen-bond donors (Lipinski definition) is 1. The fraction of sp³-hybridized carbons (Fsp3) is 0.588. The number of ether oxygens (including phenoxy) is 1. The summed E-state index contributed by atoms with van der Waals surface area (Å²) in [6.45, 7) is 3.08. The molecule has 0 saturated carbocycles. The number of rotatable bonds is 7. The molecule has 1 fully saturated rings. The fourth-order valence-electron chi connectivity index (χ4n) is 2.91. The third-order valence-electron chi connectivity index (χ3n) is 4.33. The molecule has 8 heteroatoms. The average Bonchev–Trinajstić information content (AvgIpc) is 2.62. The van der Waals surface area contributed by atoms with Crippen molar-refractivity contribution >= 4 is 27.7 Å². The van der Waals surface area contributed by atoms with E-state index in [1.165, 1.54) is 4.31 Å². The normalized spacial score (nSPS) is 18.0. The Balaban J connectivity index is 1.95. The van der Waals surface area contributed by atoms with Crippen LogP contribution in [0.5, 0.6) is 0 Å². The Kier molecular flexibility index (Phi) is 7.30. The van der Waals surface area contributed by atoms with Gasteiger partial charge in [-0.3, -0.25) is 4.79 Å². The van der Waals surface area contributed by atoms with E-state index in [2.05, 4.69) is 5.32 Å². The summed E-state index contributed by atoms with van der Waals surface area (Å²) in [7, 11) is -1.90. The SMILES string of the molecule is COC[C@@H](C)NC(=O)C1CCN(S(=O)(=O)c2ccc(SC)cc2)CC1. The van der Waals surface area contributed by atoms with Gasteiger partial charge in [0.1, 0.15) is 0 Å². The number of sulfonamides is 1. The lowest BCUT2D eigenvalue weighted by Gasteiger charge is -2.31. The van der Waals surface area contributed by atoms with E-state index in [1.807, 2.05) is 25.3 Å². The molecule has 0 spiro atoms. The minimum Gasteiger partial charge on any atom is -0.383 e. The van der Waals surface area contributed by atoms with Crippen molar-refractivity contribution in [3.05, 3.63) is 24.3 Å². The summed E-state index contributed by atoms with van der Waals surface area (Å²) in [6, 6.07) is 6.87. The number of hydrogen-bond acceptors (Lipinski definition) is 5. The molecule has 6 nitrogen and oxygen atoms in total. The Labute approximate surface area is 154 Å². The third kappa shape index (κ3) is 5.20. The lowest BCUT2D eigenvalue weighted by atomic mass is 9.97. The van der Waals surface area contributed by atoms with Crippen molar-refractivity contribution in [1.82, 2.24) is 9.62 Å². The average molecular weight is 387 g/mol. The first-order valence-electron chi connectivity index (χ1n) is 8.32. The Bertz CT molecular complexity index is 668. The molecule has 1 N–H and O–H groups in total. The van der Waals surface area contributed by atoms with Crippen LogP contribution >= 0.6 is 11.8 Å². The fourth-order valence-corrected chi connectivity index (χ4v) is 4.79. The van der Waals surface area contributed by atoms with Crippen molar-refractivity contribution in [3.63, 3.8) is 0 Å². The van der Waals surface area contributed by atoms with Crippen molar-refractivity contribution < 1.29 is 17.9 Å². The zero-order valence-electron chi connectivity index (χ0n) is 14.9. The molecular formula is C17H26N2O4S2. The number of benzene rings is 1. The van der Waals surface area contributed by atoms with Gasteiger partial charge < -0.3 is 10.1 Å². The Morgan fingerprint density at radius 1 is 1.32 bits per heavy atom. The molecule has 1 amide bonds. The number of thioether (sulfide) groups is 1. The molecule has 1 heterocycles. The van der Waals surface area contributed by atoms with Gasteiger partial charge in [0.05, 0.1) is 11.5 Å². The molecule has 0 aliphatic carbocycles. The van der Waals surface area contributed by atoms with Gasteiger partial charge in [-0.1, -0.05) is 0 Å². The lowest BCUT2D eigenvalue weighted by Crippen LogP contribution is -2.45. The summed E-state index contributed by atoms with van der Waals surface area (Å²) in [6.07, 6.45) is 3.02. The zero-order valence-corrected chi connectivity index (χ0v) is 16.5. The summed E-state index contributed by atoms with van der Waals surface area (Å²) in [5, 5.41) is 2.91. The predicted octanol–water partition coefficient (Wildman–Crippen LogP) is 1.96. The van der Waals surface area contributed by atoms with Crippen molar-refractivity contribution in [3.8, 4) is 0 Å². The van der Waals surface area contributed by atoms with Crippen LogP contribution in [0.25, 0.3) is 0 Å². The van der Waals surface area contributed by atoms with Crippen LogP contribution in [-0.2, 0) is 19.6 Å². The number of carbonyl (C=O) groups excluding carboxylic acids is 1. The largest absolute Gasteiger partial charge is 0.383 e. The third-order valence-corrected chi connectivity index (χ3v) is 6.98. The van der Waals surface area contributed by atoms with Crippen LogP contribution in [0.3, 0.4) is 0 Å². The van der Waals surface area contributed by atoms with E-state index in [1.54, 1.807) is 31.0 Å². The summed E-state index contributed by atoms with van der Waals surface area (Å²) in [5.74, 6) is -0.171. The van der Waals surface area contributed by atoms with Gasteiger partial charge >= 0.3 is 0 Å². The Hall–Kier alpha value is -1.09. The van der Waals surface area contributed by atoms with Crippen LogP contribution in [0, 0.1) is 5.92 Å². The standard InChI is InChI=1S/C17H26N2O4S2/c1-13(12-23-2)18-17(20)14-8-10-19(11-9-14)25(21,22)16-6-4-15(24-3)5-7-16/h4-7,13-14H,8-12H2,1-3H3,(H,18,20)/t13-/m1/s1. The Morgan fingerprint density at radius 2 is 1.92 bits per heavy atom. The molecule has 1 saturated heterocycles. The molecule has 1 aliphatic rings. The maximum Gasteiger partial charge on any atom is 0.243 e. The van der Waals surface area contributed by atoms with Crippen LogP contribution in [0.15, 0.2) is 34.1 Å². The van der Waals surface area contributed by atoms with Crippen LogP contribution < -0.4 is 5.32 Å². The van der Waals surface area contributed by atoms with Crippen molar-refractivity contribution in [2.24, 2.45) is 5.92 Å². The summed E-state index contributed by atoms with van der Waals surface area (Å²) in [5.41, 5.74) is 0. The highest BCUT2D eigenvalue weighted by molar-refractivity contribution is 7.98. The van der Waals surface area contributed by atoms with Crippen molar-refractivity contribution in [2.45, 2.75) is 35.6 Å². The van der Waals surface area contributed by atoms with E-state index in [0.29, 0.717) is 37.4 Å². The smallest absolute Gasteiger partial charge is 0.243 e. The summed E-state index contributed by atoms with van der Waals surface area (Å²) in [4.78, 5) is 13.6. The minimum atomic E-state index is -3.50. The number of piperidine rings is 1. The molecular weight excluding hydrogens is 360 g/mol. The van der Waals surface area contributed by atoms with Crippen LogP contribution in [0.2, 0.25) is 0 Å². The van der Waals surface area contributed by atoms with Gasteiger partial charge in [-0.15, -0.1) is 11.8 Å². The van der Waals surface area contributed by atoms with Crippen molar-refractivity contribution in [2.75, 3.05) is 33.1 Å². The first kappa shape index (κ1) is 20.2. The van der Waals surface area contributed by atoms with E-state index < -0.39 is 10.0 Å². The molecule has 25 heavy (non-hydrogen) atoms. The summed E-state index contributed by atoms with van der Waals surface area (Å²) < 4.78 is 31.9. The molecule has 0 radical (unpaired) electrons. The number of carbonyl (C=O) groups is 1. The lowest BCUT2D eigenvalue weighted by molar-refractivity contribution is -0.127. The molecule has 0 unspecified atom stereocenters. The second-order valence-corrected chi connectivity index (χ2v) is 9.04. The highest BCUT2D eigenvalue weighted by Gasteiger charge is 2.32. The molecule has 1 aromatic rings. The summed E-state index contributed by atoms with van der Waals surface area (Å²) >= 11 is 1.57. The first-order valence-corrected chi connectivity index (χ1v) is 11.0. The highest BCUT2D eigenvalue weighted by atomic mass is 32.2.